The second-order valence-electron chi connectivity index (χ2n) is 5.78. The molecule has 0 bridgehead atoms. The van der Waals surface area contributed by atoms with E-state index in [9.17, 15) is 0 Å². The van der Waals surface area contributed by atoms with Gasteiger partial charge < -0.3 is 10.2 Å². The lowest BCUT2D eigenvalue weighted by Gasteiger charge is -2.22. The van der Waals surface area contributed by atoms with Gasteiger partial charge in [-0.2, -0.15) is 5.10 Å². The summed E-state index contributed by atoms with van der Waals surface area (Å²) < 4.78 is 1.92. The average Bonchev–Trinajstić information content (AvgIpc) is 3.02. The SMILES string of the molecule is C=CCCCN(C)C(=NC)NCc1ccccc1-n1ccc(C)n1.I. The Kier molecular flexibility index (Phi) is 9.26. The van der Waals surface area contributed by atoms with Gasteiger partial charge in [0.1, 0.15) is 0 Å². The van der Waals surface area contributed by atoms with Gasteiger partial charge in [-0.25, -0.2) is 4.68 Å². The Bertz CT molecular complexity index is 693. The fourth-order valence-corrected chi connectivity index (χ4v) is 2.57. The molecule has 2 aromatic rings. The van der Waals surface area contributed by atoms with E-state index in [1.165, 1.54) is 5.56 Å². The highest BCUT2D eigenvalue weighted by Gasteiger charge is 2.08. The van der Waals surface area contributed by atoms with E-state index < -0.39 is 0 Å². The van der Waals surface area contributed by atoms with Gasteiger partial charge in [-0.15, -0.1) is 30.6 Å². The van der Waals surface area contributed by atoms with Crippen LogP contribution < -0.4 is 5.32 Å². The molecule has 1 heterocycles. The van der Waals surface area contributed by atoms with E-state index in [1.54, 1.807) is 0 Å². The molecule has 1 aromatic heterocycles. The number of unbranched alkanes of at least 4 members (excludes halogenated alkanes) is 1. The Balaban J connectivity index is 0.00000312. The van der Waals surface area contributed by atoms with E-state index in [1.807, 2.05) is 49.1 Å². The second-order valence-corrected chi connectivity index (χ2v) is 5.78. The quantitative estimate of drug-likeness (QED) is 0.228. The van der Waals surface area contributed by atoms with Gasteiger partial charge in [-0.3, -0.25) is 4.99 Å². The van der Waals surface area contributed by atoms with Crippen molar-refractivity contribution in [3.05, 3.63) is 60.4 Å². The van der Waals surface area contributed by atoms with Crippen molar-refractivity contribution in [2.75, 3.05) is 20.6 Å². The maximum absolute atomic E-state index is 4.51. The molecule has 0 fully saturated rings. The van der Waals surface area contributed by atoms with Crippen molar-refractivity contribution in [3.8, 4) is 5.69 Å². The predicted octanol–water partition coefficient (Wildman–Crippen LogP) is 3.77. The monoisotopic (exact) mass is 453 g/mol. The molecule has 0 aliphatic carbocycles. The van der Waals surface area contributed by atoms with Crippen LogP contribution in [0.5, 0.6) is 0 Å². The minimum absolute atomic E-state index is 0. The summed E-state index contributed by atoms with van der Waals surface area (Å²) in [5, 5.41) is 7.95. The predicted molar refractivity (Wildman–Crippen MR) is 116 cm³/mol. The van der Waals surface area contributed by atoms with Crippen LogP contribution in [0.15, 0.2) is 54.2 Å². The minimum Gasteiger partial charge on any atom is -0.352 e. The smallest absolute Gasteiger partial charge is 0.193 e. The molecule has 0 saturated heterocycles. The number of guanidine groups is 1. The number of nitrogens with one attached hydrogen (secondary N) is 1. The van der Waals surface area contributed by atoms with Crippen LogP contribution in [0.25, 0.3) is 5.69 Å². The first-order chi connectivity index (χ1) is 11.7. The first-order valence-electron chi connectivity index (χ1n) is 8.29. The van der Waals surface area contributed by atoms with Gasteiger partial charge in [0, 0.05) is 33.4 Å². The Morgan fingerprint density at radius 2 is 2.12 bits per heavy atom. The molecule has 0 saturated carbocycles. The molecule has 2 rings (SSSR count). The van der Waals surface area contributed by atoms with E-state index in [-0.39, 0.29) is 24.0 Å². The van der Waals surface area contributed by atoms with Crippen molar-refractivity contribution in [1.82, 2.24) is 20.0 Å². The van der Waals surface area contributed by atoms with Crippen molar-refractivity contribution in [2.45, 2.75) is 26.3 Å². The number of halogens is 1. The lowest BCUT2D eigenvalue weighted by Crippen LogP contribution is -2.39. The van der Waals surface area contributed by atoms with Gasteiger partial charge in [0.05, 0.1) is 11.4 Å². The highest BCUT2D eigenvalue weighted by molar-refractivity contribution is 14.0. The zero-order chi connectivity index (χ0) is 17.4. The van der Waals surface area contributed by atoms with Crippen molar-refractivity contribution >= 4 is 29.9 Å². The van der Waals surface area contributed by atoms with Crippen LogP contribution in [0.4, 0.5) is 0 Å². The molecule has 5 nitrogen and oxygen atoms in total. The number of benzene rings is 1. The number of allylic oxidation sites excluding steroid dienone is 1. The van der Waals surface area contributed by atoms with E-state index >= 15 is 0 Å². The topological polar surface area (TPSA) is 45.5 Å². The van der Waals surface area contributed by atoms with Crippen LogP contribution in [0.3, 0.4) is 0 Å². The summed E-state index contributed by atoms with van der Waals surface area (Å²) >= 11 is 0. The van der Waals surface area contributed by atoms with E-state index in [0.29, 0.717) is 6.54 Å². The third-order valence-electron chi connectivity index (χ3n) is 3.87. The number of aliphatic imine (C=N–C) groups is 1. The molecule has 25 heavy (non-hydrogen) atoms. The number of aromatic nitrogens is 2. The highest BCUT2D eigenvalue weighted by atomic mass is 127. The first-order valence-corrected chi connectivity index (χ1v) is 8.29. The largest absolute Gasteiger partial charge is 0.352 e. The number of para-hydroxylation sites is 1. The Hall–Kier alpha value is -1.83. The lowest BCUT2D eigenvalue weighted by molar-refractivity contribution is 0.469. The molecule has 0 aliphatic rings. The number of aryl methyl sites for hydroxylation is 1. The maximum atomic E-state index is 4.51. The summed E-state index contributed by atoms with van der Waals surface area (Å²) in [4.78, 5) is 6.51. The summed E-state index contributed by atoms with van der Waals surface area (Å²) in [5.41, 5.74) is 3.28. The average molecular weight is 453 g/mol. The number of rotatable bonds is 7. The number of hydrogen-bond acceptors (Lipinski definition) is 2. The van der Waals surface area contributed by atoms with Crippen molar-refractivity contribution in [3.63, 3.8) is 0 Å². The molecule has 0 unspecified atom stereocenters. The highest BCUT2D eigenvalue weighted by Crippen LogP contribution is 2.14. The van der Waals surface area contributed by atoms with Gasteiger partial charge in [0.2, 0.25) is 0 Å². The summed E-state index contributed by atoms with van der Waals surface area (Å²) in [6, 6.07) is 10.3. The molecule has 1 aromatic carbocycles. The maximum Gasteiger partial charge on any atom is 0.193 e. The molecular formula is C19H28IN5. The molecule has 1 N–H and O–H groups in total. The molecule has 136 valence electrons. The summed E-state index contributed by atoms with van der Waals surface area (Å²) in [6.45, 7) is 7.42. The van der Waals surface area contributed by atoms with Gasteiger partial charge in [-0.05, 0) is 37.5 Å². The standard InChI is InChI=1S/C19H27N5.HI/c1-5-6-9-13-23(4)19(20-3)21-15-17-10-7-8-11-18(17)24-14-12-16(2)22-24;/h5,7-8,10-12,14H,1,6,9,13,15H2,2-4H3,(H,20,21);1H. The fourth-order valence-electron chi connectivity index (χ4n) is 2.57. The first kappa shape index (κ1) is 21.2. The van der Waals surface area contributed by atoms with E-state index in [0.717, 1.165) is 36.7 Å². The molecule has 0 aliphatic heterocycles. The minimum atomic E-state index is 0. The van der Waals surface area contributed by atoms with Gasteiger partial charge in [0.15, 0.2) is 5.96 Å². The molecule has 0 spiro atoms. The van der Waals surface area contributed by atoms with Gasteiger partial charge >= 0.3 is 0 Å². The molecule has 0 amide bonds. The van der Waals surface area contributed by atoms with E-state index in [2.05, 4.69) is 46.1 Å². The molecular weight excluding hydrogens is 425 g/mol. The third kappa shape index (κ3) is 6.19. The Morgan fingerprint density at radius 1 is 1.36 bits per heavy atom. The van der Waals surface area contributed by atoms with Crippen LogP contribution in [0.1, 0.15) is 24.1 Å². The lowest BCUT2D eigenvalue weighted by atomic mass is 10.2. The molecule has 0 radical (unpaired) electrons. The summed E-state index contributed by atoms with van der Waals surface area (Å²) in [6.07, 6.45) is 6.03. The van der Waals surface area contributed by atoms with Crippen molar-refractivity contribution in [1.29, 1.82) is 0 Å². The summed E-state index contributed by atoms with van der Waals surface area (Å²) in [5.74, 6) is 0.894. The second kappa shape index (κ2) is 10.9. The fraction of sp³-hybridized carbons (Fsp3) is 0.368. The van der Waals surface area contributed by atoms with Crippen LogP contribution in [0, 0.1) is 6.92 Å². The zero-order valence-corrected chi connectivity index (χ0v) is 17.6. The van der Waals surface area contributed by atoms with Crippen molar-refractivity contribution in [2.24, 2.45) is 4.99 Å². The van der Waals surface area contributed by atoms with Gasteiger partial charge in [-0.1, -0.05) is 24.3 Å². The van der Waals surface area contributed by atoms with Gasteiger partial charge in [0.25, 0.3) is 0 Å². The van der Waals surface area contributed by atoms with Crippen molar-refractivity contribution < 1.29 is 0 Å². The van der Waals surface area contributed by atoms with Crippen LogP contribution >= 0.6 is 24.0 Å². The van der Waals surface area contributed by atoms with Crippen LogP contribution in [-0.2, 0) is 6.54 Å². The summed E-state index contributed by atoms with van der Waals surface area (Å²) in [7, 11) is 3.87. The zero-order valence-electron chi connectivity index (χ0n) is 15.3. The molecule has 6 heteroatoms. The van der Waals surface area contributed by atoms with Crippen LogP contribution in [0.2, 0.25) is 0 Å². The molecule has 0 atom stereocenters. The number of hydrogen-bond donors (Lipinski definition) is 1. The van der Waals surface area contributed by atoms with E-state index in [4.69, 9.17) is 0 Å². The Morgan fingerprint density at radius 3 is 2.76 bits per heavy atom. The van der Waals surface area contributed by atoms with Crippen LogP contribution in [-0.4, -0.2) is 41.3 Å². The third-order valence-corrected chi connectivity index (χ3v) is 3.87. The normalized spacial score (nSPS) is 10.9. The Labute approximate surface area is 167 Å². The number of nitrogens with zero attached hydrogens (tertiary/aromatic N) is 4.